The van der Waals surface area contributed by atoms with Crippen molar-refractivity contribution in [2.45, 2.75) is 12.5 Å². The Morgan fingerprint density at radius 2 is 1.74 bits per heavy atom. The number of amides is 1. The van der Waals surface area contributed by atoms with E-state index in [0.717, 1.165) is 5.56 Å². The number of anilines is 1. The van der Waals surface area contributed by atoms with Crippen molar-refractivity contribution in [2.24, 2.45) is 5.73 Å². The molecule has 0 saturated heterocycles. The highest BCUT2D eigenvalue weighted by Crippen LogP contribution is 2.12. The summed E-state index contributed by atoms with van der Waals surface area (Å²) < 4.78 is 12.8. The Hall–Kier alpha value is -2.36. The van der Waals surface area contributed by atoms with E-state index < -0.39 is 11.9 Å². The molecular weight excluding hydrogens is 243 g/mol. The Kier molecular flexibility index (Phi) is 4.13. The van der Waals surface area contributed by atoms with E-state index >= 15 is 0 Å². The Morgan fingerprint density at radius 1 is 1.11 bits per heavy atom. The molecule has 4 heteroatoms. The number of carbonyl (C=O) groups is 1. The van der Waals surface area contributed by atoms with Crippen LogP contribution in [-0.4, -0.2) is 11.9 Å². The van der Waals surface area contributed by atoms with Gasteiger partial charge in [-0.3, -0.25) is 4.79 Å². The average molecular weight is 258 g/mol. The molecule has 2 aromatic rings. The predicted molar refractivity (Wildman–Crippen MR) is 73.2 cm³/mol. The van der Waals surface area contributed by atoms with Crippen LogP contribution < -0.4 is 11.1 Å². The molecule has 1 atom stereocenters. The van der Waals surface area contributed by atoms with Crippen molar-refractivity contribution in [1.82, 2.24) is 0 Å². The predicted octanol–water partition coefficient (Wildman–Crippen LogP) is 2.33. The summed E-state index contributed by atoms with van der Waals surface area (Å²) >= 11 is 0. The smallest absolute Gasteiger partial charge is 0.240 e. The van der Waals surface area contributed by atoms with E-state index in [2.05, 4.69) is 5.32 Å². The van der Waals surface area contributed by atoms with Gasteiger partial charge in [0, 0.05) is 12.1 Å². The molecule has 0 radical (unpaired) electrons. The Bertz CT molecular complexity index is 540. The second-order valence-electron chi connectivity index (χ2n) is 4.30. The molecule has 0 aliphatic carbocycles. The van der Waals surface area contributed by atoms with Gasteiger partial charge in [-0.25, -0.2) is 4.39 Å². The average Bonchev–Trinajstić information content (AvgIpc) is 2.41. The third kappa shape index (κ3) is 3.81. The number of carbonyl (C=O) groups excluding carboxylic acids is 1. The summed E-state index contributed by atoms with van der Waals surface area (Å²) in [7, 11) is 0. The molecule has 0 spiro atoms. The third-order valence-corrected chi connectivity index (χ3v) is 2.81. The van der Waals surface area contributed by atoms with Gasteiger partial charge in [-0.2, -0.15) is 0 Å². The quantitative estimate of drug-likeness (QED) is 0.864. The van der Waals surface area contributed by atoms with Crippen molar-refractivity contribution < 1.29 is 9.18 Å². The molecule has 0 bridgehead atoms. The lowest BCUT2D eigenvalue weighted by Crippen LogP contribution is -2.37. The summed E-state index contributed by atoms with van der Waals surface area (Å²) in [6.07, 6.45) is 0.494. The maximum atomic E-state index is 12.8. The first-order valence-corrected chi connectivity index (χ1v) is 6.00. The van der Waals surface area contributed by atoms with Gasteiger partial charge in [0.2, 0.25) is 5.91 Å². The lowest BCUT2D eigenvalue weighted by molar-refractivity contribution is -0.118. The van der Waals surface area contributed by atoms with E-state index in [1.54, 1.807) is 12.1 Å². The van der Waals surface area contributed by atoms with E-state index in [1.807, 2.05) is 30.3 Å². The lowest BCUT2D eigenvalue weighted by atomic mass is 10.1. The first-order valence-electron chi connectivity index (χ1n) is 6.00. The molecule has 3 nitrogen and oxygen atoms in total. The van der Waals surface area contributed by atoms with Crippen LogP contribution in [0.4, 0.5) is 10.1 Å². The highest BCUT2D eigenvalue weighted by atomic mass is 19.1. The fraction of sp³-hybridized carbons (Fsp3) is 0.133. The molecule has 0 fully saturated rings. The molecule has 98 valence electrons. The first-order chi connectivity index (χ1) is 9.15. The molecule has 1 amide bonds. The van der Waals surface area contributed by atoms with E-state index in [9.17, 15) is 9.18 Å². The van der Waals surface area contributed by atoms with Gasteiger partial charge in [0.1, 0.15) is 11.9 Å². The maximum Gasteiger partial charge on any atom is 0.240 e. The second kappa shape index (κ2) is 6.00. The number of nitrogens with one attached hydrogen (secondary N) is 1. The molecule has 2 rings (SSSR count). The van der Waals surface area contributed by atoms with Crippen molar-refractivity contribution >= 4 is 11.6 Å². The minimum Gasteiger partial charge on any atom is -0.373 e. The van der Waals surface area contributed by atoms with Crippen LogP contribution in [0.25, 0.3) is 0 Å². The fourth-order valence-electron chi connectivity index (χ4n) is 1.82. The third-order valence-electron chi connectivity index (χ3n) is 2.81. The molecule has 0 aromatic heterocycles. The highest BCUT2D eigenvalue weighted by molar-refractivity contribution is 5.83. The van der Waals surface area contributed by atoms with E-state index in [4.69, 9.17) is 5.73 Å². The van der Waals surface area contributed by atoms with Crippen LogP contribution in [0.15, 0.2) is 54.6 Å². The van der Waals surface area contributed by atoms with Crippen molar-refractivity contribution in [3.63, 3.8) is 0 Å². The molecule has 0 heterocycles. The van der Waals surface area contributed by atoms with Gasteiger partial charge in [0.05, 0.1) is 0 Å². The minimum absolute atomic E-state index is 0.316. The number of hydrogen-bond acceptors (Lipinski definition) is 2. The van der Waals surface area contributed by atoms with Crippen LogP contribution >= 0.6 is 0 Å². The fourth-order valence-corrected chi connectivity index (χ4v) is 1.82. The zero-order chi connectivity index (χ0) is 13.7. The van der Waals surface area contributed by atoms with Crippen LogP contribution in [0, 0.1) is 5.82 Å². The molecule has 0 aliphatic heterocycles. The maximum absolute atomic E-state index is 12.8. The first kappa shape index (κ1) is 13.1. The summed E-state index contributed by atoms with van der Waals surface area (Å²) in [6, 6.07) is 14.9. The second-order valence-corrected chi connectivity index (χ2v) is 4.30. The molecule has 0 unspecified atom stereocenters. The van der Waals surface area contributed by atoms with E-state index in [1.165, 1.54) is 12.1 Å². The van der Waals surface area contributed by atoms with E-state index in [-0.39, 0.29) is 5.82 Å². The van der Waals surface area contributed by atoms with Crippen molar-refractivity contribution in [2.75, 3.05) is 5.32 Å². The number of hydrogen-bond donors (Lipinski definition) is 2. The topological polar surface area (TPSA) is 55.1 Å². The zero-order valence-corrected chi connectivity index (χ0v) is 10.3. The number of primary amides is 1. The lowest BCUT2D eigenvalue weighted by Gasteiger charge is -2.16. The molecule has 2 aromatic carbocycles. The Morgan fingerprint density at radius 3 is 2.32 bits per heavy atom. The van der Waals surface area contributed by atoms with Gasteiger partial charge in [0.25, 0.3) is 0 Å². The SMILES string of the molecule is NC(=O)[C@H](Cc1ccccc1)Nc1ccc(F)cc1. The molecule has 19 heavy (non-hydrogen) atoms. The van der Waals surface area contributed by atoms with Crippen molar-refractivity contribution in [1.29, 1.82) is 0 Å². The van der Waals surface area contributed by atoms with Gasteiger partial charge in [-0.05, 0) is 29.8 Å². The summed E-state index contributed by atoms with van der Waals surface area (Å²) in [5, 5.41) is 3.01. The molecular formula is C15H15FN2O. The number of rotatable bonds is 5. The number of halogens is 1. The Labute approximate surface area is 111 Å². The number of benzene rings is 2. The van der Waals surface area contributed by atoms with Crippen LogP contribution in [0.1, 0.15) is 5.56 Å². The normalized spacial score (nSPS) is 11.8. The summed E-state index contributed by atoms with van der Waals surface area (Å²) in [5.74, 6) is -0.752. The largest absolute Gasteiger partial charge is 0.373 e. The van der Waals surface area contributed by atoms with Gasteiger partial charge in [-0.1, -0.05) is 30.3 Å². The standard InChI is InChI=1S/C15H15FN2O/c16-12-6-8-13(9-7-12)18-14(15(17)19)10-11-4-2-1-3-5-11/h1-9,14,18H,10H2,(H2,17,19)/t14-/m0/s1. The van der Waals surface area contributed by atoms with Crippen LogP contribution in [0.2, 0.25) is 0 Å². The van der Waals surface area contributed by atoms with E-state index in [0.29, 0.717) is 12.1 Å². The summed E-state index contributed by atoms with van der Waals surface area (Å²) in [4.78, 5) is 11.5. The molecule has 0 saturated carbocycles. The van der Waals surface area contributed by atoms with Gasteiger partial charge in [0.15, 0.2) is 0 Å². The molecule has 3 N–H and O–H groups in total. The van der Waals surface area contributed by atoms with Crippen molar-refractivity contribution in [3.8, 4) is 0 Å². The monoisotopic (exact) mass is 258 g/mol. The van der Waals surface area contributed by atoms with Crippen molar-refractivity contribution in [3.05, 3.63) is 66.0 Å². The van der Waals surface area contributed by atoms with Gasteiger partial charge in [-0.15, -0.1) is 0 Å². The van der Waals surface area contributed by atoms with Crippen LogP contribution in [0.3, 0.4) is 0 Å². The summed E-state index contributed by atoms with van der Waals surface area (Å²) in [5.41, 5.74) is 7.07. The van der Waals surface area contributed by atoms with Crippen LogP contribution in [0.5, 0.6) is 0 Å². The number of nitrogens with two attached hydrogens (primary N) is 1. The molecule has 0 aliphatic rings. The highest BCUT2D eigenvalue weighted by Gasteiger charge is 2.15. The summed E-state index contributed by atoms with van der Waals surface area (Å²) in [6.45, 7) is 0. The van der Waals surface area contributed by atoms with Gasteiger partial charge < -0.3 is 11.1 Å². The Balaban J connectivity index is 2.08. The minimum atomic E-state index is -0.520. The zero-order valence-electron chi connectivity index (χ0n) is 10.3. The van der Waals surface area contributed by atoms with Crippen LogP contribution in [-0.2, 0) is 11.2 Å². The van der Waals surface area contributed by atoms with Gasteiger partial charge >= 0.3 is 0 Å².